The van der Waals surface area contributed by atoms with E-state index in [2.05, 4.69) is 26.2 Å². The van der Waals surface area contributed by atoms with E-state index in [1.165, 1.54) is 6.92 Å². The van der Waals surface area contributed by atoms with Crippen molar-refractivity contribution in [1.29, 1.82) is 0 Å². The Hall–Kier alpha value is -2.18. The second kappa shape index (κ2) is 6.75. The van der Waals surface area contributed by atoms with Crippen LogP contribution in [0.5, 0.6) is 0 Å². The van der Waals surface area contributed by atoms with Crippen LogP contribution in [0.1, 0.15) is 18.1 Å². The Morgan fingerprint density at radius 2 is 1.96 bits per heavy atom. The monoisotopic (exact) mass is 406 g/mol. The molecule has 1 N–H and O–H groups in total. The predicted molar refractivity (Wildman–Crippen MR) is 95.4 cm³/mol. The Bertz CT molecular complexity index is 849. The first-order chi connectivity index (χ1) is 11.4. The number of carbonyl (C=O) groups is 2. The minimum Gasteiger partial charge on any atom is -0.430 e. The maximum Gasteiger partial charge on any atom is 0.305 e. The molecule has 0 bridgehead atoms. The van der Waals surface area contributed by atoms with Gasteiger partial charge in [0.25, 0.3) is 12.1 Å². The molecule has 0 saturated heterocycles. The molecule has 5 nitrogen and oxygen atoms in total. The number of amides is 1. The van der Waals surface area contributed by atoms with Gasteiger partial charge in [-0.25, -0.2) is 4.99 Å². The maximum atomic E-state index is 12.3. The first kappa shape index (κ1) is 16.7. The molecule has 1 atom stereocenters. The van der Waals surface area contributed by atoms with Gasteiger partial charge < -0.3 is 10.1 Å². The van der Waals surface area contributed by atoms with Crippen molar-refractivity contribution < 1.29 is 14.3 Å². The van der Waals surface area contributed by atoms with Gasteiger partial charge in [0.15, 0.2) is 0 Å². The summed E-state index contributed by atoms with van der Waals surface area (Å²) in [5.41, 5.74) is 2.60. The summed E-state index contributed by atoms with van der Waals surface area (Å²) in [6, 6.07) is 12.5. The number of ether oxygens (including phenoxy) is 1. The number of benzodiazepines with no additional fused rings is 1. The fraction of sp³-hybridized carbons (Fsp3) is 0.118. The maximum absolute atomic E-state index is 12.3. The van der Waals surface area contributed by atoms with Gasteiger partial charge in [0.05, 0.1) is 11.4 Å². The van der Waals surface area contributed by atoms with Crippen molar-refractivity contribution in [3.63, 3.8) is 0 Å². The molecule has 0 aliphatic carbocycles. The van der Waals surface area contributed by atoms with Crippen molar-refractivity contribution in [3.05, 3.63) is 63.1 Å². The largest absolute Gasteiger partial charge is 0.430 e. The summed E-state index contributed by atoms with van der Waals surface area (Å²) >= 11 is 9.37. The summed E-state index contributed by atoms with van der Waals surface area (Å²) in [5, 5.41) is 3.33. The molecule has 2 aromatic rings. The van der Waals surface area contributed by atoms with Crippen LogP contribution in [-0.2, 0) is 14.3 Å². The van der Waals surface area contributed by atoms with Crippen molar-refractivity contribution in [2.45, 2.75) is 13.2 Å². The fourth-order valence-electron chi connectivity index (χ4n) is 2.34. The van der Waals surface area contributed by atoms with Crippen molar-refractivity contribution in [1.82, 2.24) is 0 Å². The quantitative estimate of drug-likeness (QED) is 0.770. The minimum atomic E-state index is -1.25. The van der Waals surface area contributed by atoms with Crippen LogP contribution < -0.4 is 5.32 Å². The molecular formula is C17H12BrClN2O3. The lowest BCUT2D eigenvalue weighted by molar-refractivity contribution is -0.151. The summed E-state index contributed by atoms with van der Waals surface area (Å²) in [6.07, 6.45) is -1.25. The topological polar surface area (TPSA) is 67.8 Å². The van der Waals surface area contributed by atoms with Gasteiger partial charge in [-0.1, -0.05) is 39.7 Å². The highest BCUT2D eigenvalue weighted by atomic mass is 79.9. The number of halogens is 2. The van der Waals surface area contributed by atoms with E-state index >= 15 is 0 Å². The van der Waals surface area contributed by atoms with Crippen LogP contribution in [0.3, 0.4) is 0 Å². The van der Waals surface area contributed by atoms with Gasteiger partial charge in [0.2, 0.25) is 0 Å². The van der Waals surface area contributed by atoms with Crippen LogP contribution in [0.15, 0.2) is 51.9 Å². The number of nitrogens with zero attached hydrogens (tertiary/aromatic N) is 1. The standard InChI is InChI=1S/C17H12BrClN2O3/c1-9(22)24-17-16(23)20-14-7-4-11(18)8-13(14)15(21-17)10-2-5-12(19)6-3-10/h2-8,17H,1H3,(H,20,23)/t17-/m1/s1. The number of aliphatic imine (C=N–C) groups is 1. The van der Waals surface area contributed by atoms with Crippen LogP contribution in [0, 0.1) is 0 Å². The van der Waals surface area contributed by atoms with Gasteiger partial charge in [-0.3, -0.25) is 9.59 Å². The number of benzene rings is 2. The van der Waals surface area contributed by atoms with E-state index < -0.39 is 18.1 Å². The molecule has 0 fully saturated rings. The molecule has 2 aromatic carbocycles. The zero-order valence-corrected chi connectivity index (χ0v) is 14.9. The molecule has 3 rings (SSSR count). The van der Waals surface area contributed by atoms with E-state index in [1.54, 1.807) is 30.3 Å². The number of rotatable bonds is 2. The second-order valence-corrected chi connectivity index (χ2v) is 6.48. The normalized spacial score (nSPS) is 16.5. The SMILES string of the molecule is CC(=O)O[C@H]1N=C(c2ccc(Cl)cc2)c2cc(Br)ccc2NC1=O. The number of esters is 1. The molecule has 24 heavy (non-hydrogen) atoms. The Balaban J connectivity index is 2.18. The number of anilines is 1. The van der Waals surface area contributed by atoms with Crippen LogP contribution in [-0.4, -0.2) is 23.8 Å². The number of hydrogen-bond donors (Lipinski definition) is 1. The van der Waals surface area contributed by atoms with Crippen LogP contribution in [0.4, 0.5) is 5.69 Å². The van der Waals surface area contributed by atoms with Gasteiger partial charge in [-0.15, -0.1) is 0 Å². The number of hydrogen-bond acceptors (Lipinski definition) is 4. The van der Waals surface area contributed by atoms with Crippen molar-refractivity contribution in [2.75, 3.05) is 5.32 Å². The molecule has 1 aliphatic rings. The smallest absolute Gasteiger partial charge is 0.305 e. The lowest BCUT2D eigenvalue weighted by Crippen LogP contribution is -2.29. The lowest BCUT2D eigenvalue weighted by Gasteiger charge is -2.11. The van der Waals surface area contributed by atoms with Gasteiger partial charge in [0, 0.05) is 27.5 Å². The molecule has 122 valence electrons. The van der Waals surface area contributed by atoms with Crippen LogP contribution >= 0.6 is 27.5 Å². The van der Waals surface area contributed by atoms with Gasteiger partial charge >= 0.3 is 5.97 Å². The van der Waals surface area contributed by atoms with Crippen molar-refractivity contribution in [2.24, 2.45) is 4.99 Å². The van der Waals surface area contributed by atoms with E-state index in [9.17, 15) is 9.59 Å². The average molecular weight is 408 g/mol. The highest BCUT2D eigenvalue weighted by Gasteiger charge is 2.28. The van der Waals surface area contributed by atoms with E-state index in [4.69, 9.17) is 16.3 Å². The Kier molecular flexibility index (Phi) is 4.69. The van der Waals surface area contributed by atoms with Gasteiger partial charge in [-0.05, 0) is 30.3 Å². The third-order valence-corrected chi connectivity index (χ3v) is 4.11. The van der Waals surface area contributed by atoms with Gasteiger partial charge in [0.1, 0.15) is 0 Å². The molecular weight excluding hydrogens is 396 g/mol. The summed E-state index contributed by atoms with van der Waals surface area (Å²) in [6.45, 7) is 1.24. The molecule has 0 radical (unpaired) electrons. The first-order valence-electron chi connectivity index (χ1n) is 7.06. The number of nitrogens with one attached hydrogen (secondary N) is 1. The second-order valence-electron chi connectivity index (χ2n) is 5.13. The van der Waals surface area contributed by atoms with E-state index in [1.807, 2.05) is 12.1 Å². The average Bonchev–Trinajstić information content (AvgIpc) is 2.65. The summed E-state index contributed by atoms with van der Waals surface area (Å²) in [7, 11) is 0. The van der Waals surface area contributed by atoms with Crippen LogP contribution in [0.25, 0.3) is 0 Å². The third kappa shape index (κ3) is 3.49. The molecule has 1 heterocycles. The molecule has 1 aliphatic heterocycles. The molecule has 0 spiro atoms. The zero-order valence-electron chi connectivity index (χ0n) is 12.5. The highest BCUT2D eigenvalue weighted by molar-refractivity contribution is 9.10. The molecule has 7 heteroatoms. The molecule has 0 aromatic heterocycles. The van der Waals surface area contributed by atoms with E-state index in [-0.39, 0.29) is 0 Å². The first-order valence-corrected chi connectivity index (χ1v) is 8.23. The third-order valence-electron chi connectivity index (χ3n) is 3.36. The fourth-order valence-corrected chi connectivity index (χ4v) is 2.82. The Labute approximate surface area is 151 Å². The highest BCUT2D eigenvalue weighted by Crippen LogP contribution is 2.28. The number of fused-ring (bicyclic) bond motifs is 1. The zero-order chi connectivity index (χ0) is 17.3. The summed E-state index contributed by atoms with van der Waals surface area (Å²) in [4.78, 5) is 28.0. The van der Waals surface area contributed by atoms with Crippen molar-refractivity contribution >= 4 is 50.8 Å². The predicted octanol–water partition coefficient (Wildman–Crippen LogP) is 3.78. The van der Waals surface area contributed by atoms with Gasteiger partial charge in [-0.2, -0.15) is 0 Å². The lowest BCUT2D eigenvalue weighted by atomic mass is 10.0. The van der Waals surface area contributed by atoms with Crippen molar-refractivity contribution in [3.8, 4) is 0 Å². The molecule has 0 unspecified atom stereocenters. The summed E-state index contributed by atoms with van der Waals surface area (Å²) in [5.74, 6) is -1.08. The molecule has 0 saturated carbocycles. The Morgan fingerprint density at radius 1 is 1.25 bits per heavy atom. The van der Waals surface area contributed by atoms with E-state index in [0.717, 1.165) is 15.6 Å². The summed E-state index contributed by atoms with van der Waals surface area (Å²) < 4.78 is 5.88. The van der Waals surface area contributed by atoms with E-state index in [0.29, 0.717) is 16.4 Å². The van der Waals surface area contributed by atoms with Crippen LogP contribution in [0.2, 0.25) is 5.02 Å². The number of carbonyl (C=O) groups excluding carboxylic acids is 2. The minimum absolute atomic E-state index is 0.502. The Morgan fingerprint density at radius 3 is 2.62 bits per heavy atom. The molecule has 1 amide bonds.